The Bertz CT molecular complexity index is 1230. The Kier molecular flexibility index (Phi) is 7.46. The van der Waals surface area contributed by atoms with E-state index < -0.39 is 0 Å². The topological polar surface area (TPSA) is 97.3 Å². The number of methoxy groups -OCH3 is 1. The molecule has 10 nitrogen and oxygen atoms in total. The Hall–Kier alpha value is -4.18. The average Bonchev–Trinajstić information content (AvgIpc) is 3.43. The van der Waals surface area contributed by atoms with Gasteiger partial charge in [-0.3, -0.25) is 9.59 Å². The standard InChI is InChI=1S/C27H29N5O5/c1-35-16-15-32(27(34)21-7-9-23-24(17-21)37-19-36-23)18-26(33)31-13-11-30(12-14-31)25-10-8-22(28-29-25)20-5-3-2-4-6-20/h2-10,17H,11-16,18-19H2,1H3. The lowest BCUT2D eigenvalue weighted by atomic mass is 10.1. The summed E-state index contributed by atoms with van der Waals surface area (Å²) >= 11 is 0. The van der Waals surface area contributed by atoms with Crippen LogP contribution in [0.3, 0.4) is 0 Å². The van der Waals surface area contributed by atoms with Crippen molar-refractivity contribution in [1.29, 1.82) is 0 Å². The molecule has 3 heterocycles. The number of fused-ring (bicyclic) bond motifs is 1. The van der Waals surface area contributed by atoms with Gasteiger partial charge in [-0.25, -0.2) is 0 Å². The fourth-order valence-electron chi connectivity index (χ4n) is 4.37. The fourth-order valence-corrected chi connectivity index (χ4v) is 4.37. The second-order valence-corrected chi connectivity index (χ2v) is 8.80. The Labute approximate surface area is 215 Å². The third kappa shape index (κ3) is 5.64. The van der Waals surface area contributed by atoms with Gasteiger partial charge in [0.05, 0.1) is 12.3 Å². The van der Waals surface area contributed by atoms with Crippen molar-refractivity contribution in [3.63, 3.8) is 0 Å². The SMILES string of the molecule is COCCN(CC(=O)N1CCN(c2ccc(-c3ccccc3)nn2)CC1)C(=O)c1ccc2c(c1)OCO2. The number of nitrogens with zero attached hydrogens (tertiary/aromatic N) is 5. The fraction of sp³-hybridized carbons (Fsp3) is 0.333. The van der Waals surface area contributed by atoms with E-state index in [-0.39, 0.29) is 25.2 Å². The first-order valence-electron chi connectivity index (χ1n) is 12.2. The van der Waals surface area contributed by atoms with Gasteiger partial charge in [-0.2, -0.15) is 0 Å². The van der Waals surface area contributed by atoms with Crippen LogP contribution in [0, 0.1) is 0 Å². The molecular weight excluding hydrogens is 474 g/mol. The second kappa shape index (κ2) is 11.3. The van der Waals surface area contributed by atoms with Gasteiger partial charge in [0.15, 0.2) is 17.3 Å². The number of ether oxygens (including phenoxy) is 3. The lowest BCUT2D eigenvalue weighted by Crippen LogP contribution is -2.52. The predicted octanol–water partition coefficient (Wildman–Crippen LogP) is 2.31. The largest absolute Gasteiger partial charge is 0.454 e. The molecule has 192 valence electrons. The quantitative estimate of drug-likeness (QED) is 0.462. The Balaban J connectivity index is 1.18. The van der Waals surface area contributed by atoms with E-state index in [0.717, 1.165) is 17.1 Å². The van der Waals surface area contributed by atoms with Gasteiger partial charge in [-0.15, -0.1) is 10.2 Å². The van der Waals surface area contributed by atoms with Crippen molar-refractivity contribution in [2.24, 2.45) is 0 Å². The lowest BCUT2D eigenvalue weighted by molar-refractivity contribution is -0.132. The number of aromatic nitrogens is 2. The third-order valence-corrected chi connectivity index (χ3v) is 6.47. The highest BCUT2D eigenvalue weighted by molar-refractivity contribution is 5.97. The molecule has 0 atom stereocenters. The highest BCUT2D eigenvalue weighted by Crippen LogP contribution is 2.32. The van der Waals surface area contributed by atoms with E-state index >= 15 is 0 Å². The molecule has 3 aromatic rings. The van der Waals surface area contributed by atoms with Gasteiger partial charge >= 0.3 is 0 Å². The molecule has 5 rings (SSSR count). The van der Waals surface area contributed by atoms with Crippen molar-refractivity contribution in [3.05, 3.63) is 66.2 Å². The van der Waals surface area contributed by atoms with Crippen molar-refractivity contribution >= 4 is 17.6 Å². The molecular formula is C27H29N5O5. The maximum Gasteiger partial charge on any atom is 0.254 e. The predicted molar refractivity (Wildman–Crippen MR) is 137 cm³/mol. The van der Waals surface area contributed by atoms with Crippen molar-refractivity contribution in [3.8, 4) is 22.8 Å². The number of carbonyl (C=O) groups is 2. The number of hydrogen-bond acceptors (Lipinski definition) is 8. The summed E-state index contributed by atoms with van der Waals surface area (Å²) in [6, 6.07) is 18.9. The van der Waals surface area contributed by atoms with Crippen LogP contribution in [-0.2, 0) is 9.53 Å². The number of hydrogen-bond donors (Lipinski definition) is 0. The maximum absolute atomic E-state index is 13.2. The number of piperazine rings is 1. The van der Waals surface area contributed by atoms with Crippen LogP contribution in [0.1, 0.15) is 10.4 Å². The molecule has 2 aliphatic rings. The first-order valence-corrected chi connectivity index (χ1v) is 12.2. The summed E-state index contributed by atoms with van der Waals surface area (Å²) in [6.45, 7) is 3.09. The summed E-state index contributed by atoms with van der Waals surface area (Å²) in [7, 11) is 1.57. The zero-order valence-electron chi connectivity index (χ0n) is 20.7. The molecule has 0 bridgehead atoms. The summed E-state index contributed by atoms with van der Waals surface area (Å²) in [5.41, 5.74) is 2.28. The van der Waals surface area contributed by atoms with E-state index in [1.165, 1.54) is 4.90 Å². The van der Waals surface area contributed by atoms with E-state index in [1.807, 2.05) is 42.5 Å². The van der Waals surface area contributed by atoms with Crippen molar-refractivity contribution < 1.29 is 23.8 Å². The van der Waals surface area contributed by atoms with Crippen LogP contribution >= 0.6 is 0 Å². The van der Waals surface area contributed by atoms with Gasteiger partial charge in [0.2, 0.25) is 12.7 Å². The van der Waals surface area contributed by atoms with Crippen molar-refractivity contribution in [2.45, 2.75) is 0 Å². The van der Waals surface area contributed by atoms with E-state index in [9.17, 15) is 9.59 Å². The van der Waals surface area contributed by atoms with Crippen LogP contribution < -0.4 is 14.4 Å². The summed E-state index contributed by atoms with van der Waals surface area (Å²) in [4.78, 5) is 31.8. The summed E-state index contributed by atoms with van der Waals surface area (Å²) in [5.74, 6) is 1.56. The Morgan fingerprint density at radius 3 is 2.46 bits per heavy atom. The minimum absolute atomic E-state index is 0.0256. The van der Waals surface area contributed by atoms with Gasteiger partial charge < -0.3 is 28.9 Å². The molecule has 1 saturated heterocycles. The molecule has 1 aromatic heterocycles. The first-order chi connectivity index (χ1) is 18.1. The number of amides is 2. The molecule has 0 saturated carbocycles. The van der Waals surface area contributed by atoms with E-state index in [0.29, 0.717) is 56.4 Å². The van der Waals surface area contributed by atoms with Gasteiger partial charge in [0.25, 0.3) is 5.91 Å². The van der Waals surface area contributed by atoms with Crippen LogP contribution in [-0.4, -0.2) is 91.6 Å². The van der Waals surface area contributed by atoms with Crippen molar-refractivity contribution in [2.75, 3.05) is 64.7 Å². The molecule has 0 radical (unpaired) electrons. The number of benzene rings is 2. The van der Waals surface area contributed by atoms with E-state index in [4.69, 9.17) is 14.2 Å². The molecule has 0 aliphatic carbocycles. The van der Waals surface area contributed by atoms with Crippen molar-refractivity contribution in [1.82, 2.24) is 20.0 Å². The van der Waals surface area contributed by atoms with E-state index in [2.05, 4.69) is 15.1 Å². The Morgan fingerprint density at radius 1 is 0.946 bits per heavy atom. The molecule has 0 unspecified atom stereocenters. The van der Waals surface area contributed by atoms with Gasteiger partial charge in [0, 0.05) is 51.0 Å². The van der Waals surface area contributed by atoms with Crippen LogP contribution in [0.2, 0.25) is 0 Å². The van der Waals surface area contributed by atoms with Crippen LogP contribution in [0.5, 0.6) is 11.5 Å². The third-order valence-electron chi connectivity index (χ3n) is 6.47. The molecule has 0 N–H and O–H groups in total. The molecule has 2 amide bonds. The summed E-state index contributed by atoms with van der Waals surface area (Å²) in [6.07, 6.45) is 0. The second-order valence-electron chi connectivity index (χ2n) is 8.80. The molecule has 2 aliphatic heterocycles. The van der Waals surface area contributed by atoms with Gasteiger partial charge in [-0.05, 0) is 30.3 Å². The number of rotatable bonds is 8. The van der Waals surface area contributed by atoms with Gasteiger partial charge in [0.1, 0.15) is 6.54 Å². The zero-order valence-corrected chi connectivity index (χ0v) is 20.7. The minimum Gasteiger partial charge on any atom is -0.454 e. The zero-order chi connectivity index (χ0) is 25.6. The van der Waals surface area contributed by atoms with Gasteiger partial charge in [-0.1, -0.05) is 30.3 Å². The molecule has 2 aromatic carbocycles. The average molecular weight is 504 g/mol. The molecule has 10 heteroatoms. The first kappa shape index (κ1) is 24.5. The molecule has 1 fully saturated rings. The maximum atomic E-state index is 13.2. The smallest absolute Gasteiger partial charge is 0.254 e. The summed E-state index contributed by atoms with van der Waals surface area (Å²) < 4.78 is 15.9. The minimum atomic E-state index is -0.254. The summed E-state index contributed by atoms with van der Waals surface area (Å²) in [5, 5.41) is 8.77. The van der Waals surface area contributed by atoms with Crippen LogP contribution in [0.4, 0.5) is 5.82 Å². The number of anilines is 1. The highest BCUT2D eigenvalue weighted by Gasteiger charge is 2.27. The molecule has 37 heavy (non-hydrogen) atoms. The van der Waals surface area contributed by atoms with Crippen LogP contribution in [0.25, 0.3) is 11.3 Å². The number of carbonyl (C=O) groups excluding carboxylic acids is 2. The lowest BCUT2D eigenvalue weighted by Gasteiger charge is -2.36. The normalized spacial score (nSPS) is 14.5. The Morgan fingerprint density at radius 2 is 1.73 bits per heavy atom. The van der Waals surface area contributed by atoms with Crippen LogP contribution in [0.15, 0.2) is 60.7 Å². The highest BCUT2D eigenvalue weighted by atomic mass is 16.7. The van der Waals surface area contributed by atoms with E-state index in [1.54, 1.807) is 30.2 Å². The molecule has 0 spiro atoms. The monoisotopic (exact) mass is 503 g/mol.